The first-order valence-corrected chi connectivity index (χ1v) is 5.94. The maximum Gasteiger partial charge on any atom is 0.316 e. The van der Waals surface area contributed by atoms with E-state index in [9.17, 15) is 9.59 Å². The van der Waals surface area contributed by atoms with Gasteiger partial charge in [0.05, 0.1) is 18.6 Å². The lowest BCUT2D eigenvalue weighted by Gasteiger charge is -2.25. The van der Waals surface area contributed by atoms with Crippen molar-refractivity contribution in [2.24, 2.45) is 11.1 Å². The largest absolute Gasteiger partial charge is 0.379 e. The first-order valence-electron chi connectivity index (χ1n) is 5.94. The lowest BCUT2D eigenvalue weighted by molar-refractivity contribution is -0.130. The molecule has 0 bridgehead atoms. The predicted octanol–water partition coefficient (Wildman–Crippen LogP) is -1.26. The summed E-state index contributed by atoms with van der Waals surface area (Å²) in [6, 6.07) is -0.467. The molecular weight excluding hydrogens is 236 g/mol. The zero-order valence-electron chi connectivity index (χ0n) is 11.2. The number of urea groups is 1. The van der Waals surface area contributed by atoms with E-state index in [-0.39, 0.29) is 18.0 Å². The molecule has 1 fully saturated rings. The molecule has 0 radical (unpaired) electrons. The van der Waals surface area contributed by atoms with Crippen molar-refractivity contribution in [1.29, 1.82) is 0 Å². The second-order valence-electron chi connectivity index (χ2n) is 4.92. The van der Waals surface area contributed by atoms with Crippen LogP contribution in [0.5, 0.6) is 0 Å². The molecule has 104 valence electrons. The fraction of sp³-hybridized carbons (Fsp3) is 0.818. The number of nitrogens with one attached hydrogen (secondary N) is 2. The summed E-state index contributed by atoms with van der Waals surface area (Å²) in [4.78, 5) is 24.6. The molecule has 0 aromatic heterocycles. The molecule has 2 unspecified atom stereocenters. The summed E-state index contributed by atoms with van der Waals surface area (Å²) in [6.45, 7) is 3.29. The van der Waals surface area contributed by atoms with Gasteiger partial charge in [0.2, 0.25) is 5.91 Å². The minimum atomic E-state index is -0.675. The van der Waals surface area contributed by atoms with Gasteiger partial charge in [-0.15, -0.1) is 0 Å². The van der Waals surface area contributed by atoms with Crippen LogP contribution in [0.4, 0.5) is 4.79 Å². The summed E-state index contributed by atoms with van der Waals surface area (Å²) < 4.78 is 5.21. The average molecular weight is 258 g/mol. The number of ether oxygens (including phenoxy) is 1. The molecule has 1 rings (SSSR count). The van der Waals surface area contributed by atoms with Gasteiger partial charge in [0.1, 0.15) is 0 Å². The topological polar surface area (TPSA) is 96.7 Å². The molecule has 3 amide bonds. The van der Waals surface area contributed by atoms with Crippen molar-refractivity contribution in [2.45, 2.75) is 13.0 Å². The lowest BCUT2D eigenvalue weighted by Crippen LogP contribution is -2.51. The van der Waals surface area contributed by atoms with Gasteiger partial charge in [-0.25, -0.2) is 4.79 Å². The van der Waals surface area contributed by atoms with Crippen LogP contribution in [-0.2, 0) is 9.53 Å². The molecule has 0 spiro atoms. The van der Waals surface area contributed by atoms with Gasteiger partial charge in [0.15, 0.2) is 0 Å². The summed E-state index contributed by atoms with van der Waals surface area (Å²) in [5.41, 5.74) is 5.17. The monoisotopic (exact) mass is 258 g/mol. The molecule has 4 N–H and O–H groups in total. The van der Waals surface area contributed by atoms with Crippen LogP contribution in [-0.4, -0.2) is 63.3 Å². The second kappa shape index (κ2) is 6.01. The fourth-order valence-electron chi connectivity index (χ4n) is 1.63. The van der Waals surface area contributed by atoms with E-state index in [1.165, 1.54) is 4.90 Å². The minimum Gasteiger partial charge on any atom is -0.379 e. The average Bonchev–Trinajstić information content (AvgIpc) is 2.65. The summed E-state index contributed by atoms with van der Waals surface area (Å²) in [5, 5.41) is 5.42. The van der Waals surface area contributed by atoms with E-state index in [0.717, 1.165) is 0 Å². The zero-order chi connectivity index (χ0) is 13.8. The summed E-state index contributed by atoms with van der Waals surface area (Å²) in [7, 11) is 3.31. The molecule has 7 heteroatoms. The van der Waals surface area contributed by atoms with Crippen molar-refractivity contribution in [3.63, 3.8) is 0 Å². The molecular formula is C11H22N4O3. The number of hydrogen-bond donors (Lipinski definition) is 3. The highest BCUT2D eigenvalue weighted by atomic mass is 16.5. The van der Waals surface area contributed by atoms with Gasteiger partial charge in [0.25, 0.3) is 0 Å². The van der Waals surface area contributed by atoms with Gasteiger partial charge < -0.3 is 26.0 Å². The molecule has 0 aromatic rings. The molecule has 18 heavy (non-hydrogen) atoms. The van der Waals surface area contributed by atoms with Gasteiger partial charge in [-0.2, -0.15) is 0 Å². The molecule has 1 aliphatic rings. The van der Waals surface area contributed by atoms with Crippen LogP contribution in [0.1, 0.15) is 6.92 Å². The Morgan fingerprint density at radius 3 is 2.50 bits per heavy atom. The number of nitrogens with two attached hydrogens (primary N) is 1. The normalized spacial score (nSPS) is 26.8. The predicted molar refractivity (Wildman–Crippen MR) is 67.0 cm³/mol. The number of rotatable bonds is 4. The van der Waals surface area contributed by atoms with Crippen LogP contribution in [0, 0.1) is 5.41 Å². The van der Waals surface area contributed by atoms with Crippen molar-refractivity contribution >= 4 is 11.9 Å². The van der Waals surface area contributed by atoms with E-state index >= 15 is 0 Å². The van der Waals surface area contributed by atoms with Crippen molar-refractivity contribution < 1.29 is 14.3 Å². The molecule has 1 aliphatic heterocycles. The highest BCUT2D eigenvalue weighted by Crippen LogP contribution is 2.26. The van der Waals surface area contributed by atoms with Gasteiger partial charge in [-0.05, 0) is 6.92 Å². The van der Waals surface area contributed by atoms with Crippen molar-refractivity contribution in [3.8, 4) is 0 Å². The van der Waals surface area contributed by atoms with Crippen molar-refractivity contribution in [3.05, 3.63) is 0 Å². The number of amides is 3. The van der Waals surface area contributed by atoms with Crippen LogP contribution in [0.25, 0.3) is 0 Å². The zero-order valence-corrected chi connectivity index (χ0v) is 11.2. The van der Waals surface area contributed by atoms with Gasteiger partial charge >= 0.3 is 6.03 Å². The third-order valence-corrected chi connectivity index (χ3v) is 3.13. The fourth-order valence-corrected chi connectivity index (χ4v) is 1.63. The number of nitrogens with zero attached hydrogens (tertiary/aromatic N) is 1. The molecule has 2 atom stereocenters. The van der Waals surface area contributed by atoms with E-state index in [1.54, 1.807) is 21.0 Å². The molecule has 0 aromatic carbocycles. The minimum absolute atomic E-state index is 0.133. The van der Waals surface area contributed by atoms with Crippen molar-refractivity contribution in [2.75, 3.05) is 40.4 Å². The summed E-state index contributed by atoms with van der Waals surface area (Å²) in [6.07, 6.45) is 0. The van der Waals surface area contributed by atoms with Crippen LogP contribution in [0.2, 0.25) is 0 Å². The Morgan fingerprint density at radius 1 is 1.39 bits per heavy atom. The highest BCUT2D eigenvalue weighted by Gasteiger charge is 2.44. The van der Waals surface area contributed by atoms with Crippen molar-refractivity contribution in [1.82, 2.24) is 15.5 Å². The van der Waals surface area contributed by atoms with Crippen LogP contribution >= 0.6 is 0 Å². The summed E-state index contributed by atoms with van der Waals surface area (Å²) in [5.74, 6) is -0.133. The Morgan fingerprint density at radius 2 is 2.00 bits per heavy atom. The molecule has 0 aliphatic carbocycles. The molecule has 1 heterocycles. The van der Waals surface area contributed by atoms with E-state index in [1.807, 2.05) is 0 Å². The van der Waals surface area contributed by atoms with Gasteiger partial charge in [-0.3, -0.25) is 4.79 Å². The smallest absolute Gasteiger partial charge is 0.316 e. The summed E-state index contributed by atoms with van der Waals surface area (Å²) >= 11 is 0. The first kappa shape index (κ1) is 14.7. The molecule has 7 nitrogen and oxygen atoms in total. The van der Waals surface area contributed by atoms with Crippen LogP contribution < -0.4 is 16.4 Å². The van der Waals surface area contributed by atoms with Gasteiger partial charge in [-0.1, -0.05) is 0 Å². The second-order valence-corrected chi connectivity index (χ2v) is 4.92. The van der Waals surface area contributed by atoms with E-state index in [0.29, 0.717) is 26.3 Å². The SMILES string of the molecule is CN(C)C(=O)NCCNC(=O)C1(C)COCC1N. The van der Waals surface area contributed by atoms with E-state index < -0.39 is 5.41 Å². The van der Waals surface area contributed by atoms with E-state index in [2.05, 4.69) is 10.6 Å². The highest BCUT2D eigenvalue weighted by molar-refractivity contribution is 5.83. The maximum absolute atomic E-state index is 12.0. The third-order valence-electron chi connectivity index (χ3n) is 3.13. The Hall–Kier alpha value is -1.34. The Labute approximate surface area is 107 Å². The van der Waals surface area contributed by atoms with Crippen LogP contribution in [0.3, 0.4) is 0 Å². The van der Waals surface area contributed by atoms with Crippen LogP contribution in [0.15, 0.2) is 0 Å². The lowest BCUT2D eigenvalue weighted by atomic mass is 9.85. The number of carbonyl (C=O) groups is 2. The first-order chi connectivity index (χ1) is 8.38. The number of hydrogen-bond acceptors (Lipinski definition) is 4. The Bertz CT molecular complexity index is 321. The maximum atomic E-state index is 12.0. The number of carbonyl (C=O) groups excluding carboxylic acids is 2. The standard InChI is InChI=1S/C11H22N4O3/c1-11(7-18-6-8(11)12)9(16)13-4-5-14-10(17)15(2)3/h8H,4-7,12H2,1-3H3,(H,13,16)(H,14,17). The quantitative estimate of drug-likeness (QED) is 0.548. The van der Waals surface area contributed by atoms with E-state index in [4.69, 9.17) is 10.5 Å². The molecule has 0 saturated carbocycles. The Balaban J connectivity index is 2.27. The Kier molecular flexibility index (Phi) is 4.92. The molecule has 1 saturated heterocycles. The van der Waals surface area contributed by atoms with Gasteiger partial charge in [0, 0.05) is 33.2 Å². The third kappa shape index (κ3) is 3.33.